The fourth-order valence-corrected chi connectivity index (χ4v) is 3.67. The highest BCUT2D eigenvalue weighted by molar-refractivity contribution is 5.95. The van der Waals surface area contributed by atoms with Gasteiger partial charge in [-0.1, -0.05) is 12.1 Å². The first kappa shape index (κ1) is 29.9. The molecule has 222 valence electrons. The van der Waals surface area contributed by atoms with Crippen molar-refractivity contribution in [1.82, 2.24) is 4.98 Å². The average Bonchev–Trinajstić information content (AvgIpc) is 2.94. The van der Waals surface area contributed by atoms with Gasteiger partial charge in [-0.2, -0.15) is 13.8 Å². The molecule has 4 aromatic rings. The van der Waals surface area contributed by atoms with Crippen molar-refractivity contribution in [2.75, 3.05) is 12.4 Å². The topological polar surface area (TPSA) is 219 Å². The van der Waals surface area contributed by atoms with E-state index in [2.05, 4.69) is 10.3 Å². The lowest BCUT2D eigenvalue weighted by Crippen LogP contribution is -2.20. The maximum Gasteiger partial charge on any atom is 0.307 e. The smallest absolute Gasteiger partial charge is 0.307 e. The van der Waals surface area contributed by atoms with Gasteiger partial charge in [0.25, 0.3) is 11.8 Å². The summed E-state index contributed by atoms with van der Waals surface area (Å²) in [6, 6.07) is 13.4. The molecule has 1 heterocycles. The molecule has 9 N–H and O–H groups in total. The predicted molar refractivity (Wildman–Crippen MR) is 150 cm³/mol. The maximum absolute atomic E-state index is 15.8. The van der Waals surface area contributed by atoms with Gasteiger partial charge in [0.1, 0.15) is 11.6 Å². The number of amidine groups is 1. The van der Waals surface area contributed by atoms with Gasteiger partial charge in [0.05, 0.1) is 13.5 Å². The predicted octanol–water partition coefficient (Wildman–Crippen LogP) is 4.67. The van der Waals surface area contributed by atoms with Gasteiger partial charge >= 0.3 is 5.97 Å². The molecular formula is C28H24F2N6O7. The van der Waals surface area contributed by atoms with E-state index in [-0.39, 0.29) is 46.8 Å². The van der Waals surface area contributed by atoms with Gasteiger partial charge in [-0.3, -0.25) is 15.6 Å². The molecule has 0 unspecified atom stereocenters. The molecule has 4 rings (SSSR count). The Morgan fingerprint density at radius 3 is 2.30 bits per heavy atom. The van der Waals surface area contributed by atoms with E-state index < -0.39 is 40.9 Å². The summed E-state index contributed by atoms with van der Waals surface area (Å²) in [5, 5.41) is 36.9. The first-order valence-corrected chi connectivity index (χ1v) is 12.1. The van der Waals surface area contributed by atoms with E-state index in [1.807, 2.05) is 0 Å². The molecule has 43 heavy (non-hydrogen) atoms. The lowest BCUT2D eigenvalue weighted by molar-refractivity contribution is -0.136. The number of nitrogens with zero attached hydrogens (tertiary/aromatic N) is 1. The van der Waals surface area contributed by atoms with Crippen molar-refractivity contribution in [2.45, 2.75) is 6.42 Å². The first-order valence-electron chi connectivity index (χ1n) is 12.1. The molecule has 3 aromatic carbocycles. The average molecular weight is 595 g/mol. The van der Waals surface area contributed by atoms with Gasteiger partial charge in [0, 0.05) is 17.3 Å². The number of aromatic nitrogens is 1. The minimum absolute atomic E-state index is 0.00168. The highest BCUT2D eigenvalue weighted by Gasteiger charge is 2.27. The van der Waals surface area contributed by atoms with Crippen LogP contribution in [0.25, 0.3) is 0 Å². The van der Waals surface area contributed by atoms with E-state index in [0.29, 0.717) is 11.3 Å². The fourth-order valence-electron chi connectivity index (χ4n) is 3.67. The van der Waals surface area contributed by atoms with Gasteiger partial charge in [-0.25, -0.2) is 0 Å². The number of phenolic OH excluding ortho intramolecular Hbond substituents is 1. The number of anilines is 1. The van der Waals surface area contributed by atoms with Crippen LogP contribution in [0.2, 0.25) is 0 Å². The molecule has 0 radical (unpaired) electrons. The number of aromatic hydroxyl groups is 1. The Morgan fingerprint density at radius 2 is 1.65 bits per heavy atom. The standard InChI is InChI=1S/C28H24F2N6O7/c1-40-20-9-13(10-21(38)39)5-8-18(20)42-24-22(29)26(41-16-4-2-3-15(12-16)35-28(33)34)36-27(23(24)30)43-19-11-14(25(31)32)6-7-17(19)37/h2-9,11-12,37H,10H2,1H3,(H3,31,32)(H,38,39)(H4,33,34,35). The molecule has 0 saturated carbocycles. The molecule has 0 bridgehead atoms. The molecular weight excluding hydrogens is 570 g/mol. The Balaban J connectivity index is 1.82. The summed E-state index contributed by atoms with van der Waals surface area (Å²) in [7, 11) is 1.25. The molecule has 0 atom stereocenters. The number of benzene rings is 3. The Hall–Kier alpha value is -6.12. The van der Waals surface area contributed by atoms with Crippen LogP contribution in [-0.2, 0) is 11.2 Å². The van der Waals surface area contributed by atoms with Crippen LogP contribution in [0.15, 0.2) is 60.7 Å². The maximum atomic E-state index is 15.8. The number of methoxy groups -OCH3 is 1. The zero-order chi connectivity index (χ0) is 31.3. The van der Waals surface area contributed by atoms with Crippen LogP contribution < -0.4 is 35.7 Å². The van der Waals surface area contributed by atoms with Crippen LogP contribution in [0.4, 0.5) is 14.5 Å². The number of hydrogen-bond donors (Lipinski definition) is 7. The number of rotatable bonds is 11. The van der Waals surface area contributed by atoms with Crippen LogP contribution in [-0.4, -0.2) is 40.1 Å². The molecule has 15 heteroatoms. The van der Waals surface area contributed by atoms with Crippen molar-refractivity contribution in [3.8, 4) is 46.3 Å². The third kappa shape index (κ3) is 7.15. The van der Waals surface area contributed by atoms with Crippen molar-refractivity contribution >= 4 is 23.5 Å². The molecule has 0 amide bonds. The van der Waals surface area contributed by atoms with Crippen molar-refractivity contribution in [3.05, 3.63) is 83.4 Å². The molecule has 0 aliphatic rings. The van der Waals surface area contributed by atoms with Crippen LogP contribution in [0.1, 0.15) is 11.1 Å². The Bertz CT molecular complexity index is 1730. The third-order valence-corrected chi connectivity index (χ3v) is 5.58. The van der Waals surface area contributed by atoms with E-state index in [1.165, 1.54) is 49.6 Å². The number of pyridine rings is 1. The van der Waals surface area contributed by atoms with E-state index in [1.54, 1.807) is 6.07 Å². The zero-order valence-electron chi connectivity index (χ0n) is 22.3. The summed E-state index contributed by atoms with van der Waals surface area (Å²) in [5.41, 5.74) is 11.6. The van der Waals surface area contributed by atoms with E-state index in [0.717, 1.165) is 12.1 Å². The van der Waals surface area contributed by atoms with E-state index >= 15 is 8.78 Å². The minimum Gasteiger partial charge on any atom is -0.504 e. The summed E-state index contributed by atoms with van der Waals surface area (Å²) in [4.78, 5) is 14.9. The van der Waals surface area contributed by atoms with Gasteiger partial charge in [0.2, 0.25) is 17.4 Å². The lowest BCUT2D eigenvalue weighted by Gasteiger charge is -2.17. The molecule has 0 spiro atoms. The van der Waals surface area contributed by atoms with Crippen molar-refractivity contribution in [2.24, 2.45) is 11.5 Å². The van der Waals surface area contributed by atoms with Gasteiger partial charge in [0.15, 0.2) is 29.0 Å². The van der Waals surface area contributed by atoms with Crippen LogP contribution in [0.3, 0.4) is 0 Å². The molecule has 0 aliphatic heterocycles. The van der Waals surface area contributed by atoms with Crippen LogP contribution in [0, 0.1) is 22.5 Å². The normalized spacial score (nSPS) is 10.5. The lowest BCUT2D eigenvalue weighted by atomic mass is 10.1. The van der Waals surface area contributed by atoms with Gasteiger partial charge < -0.3 is 45.9 Å². The summed E-state index contributed by atoms with van der Waals surface area (Å²) in [6.07, 6.45) is -0.342. The number of ether oxygens (including phenoxy) is 4. The number of carbonyl (C=O) groups is 1. The summed E-state index contributed by atoms with van der Waals surface area (Å²) < 4.78 is 53.4. The number of halogens is 2. The Labute approximate surface area is 242 Å². The number of hydrogen-bond acceptors (Lipinski definition) is 9. The number of carboxylic acids is 1. The second-order valence-electron chi connectivity index (χ2n) is 8.70. The summed E-state index contributed by atoms with van der Waals surface area (Å²) in [5.74, 6) is -8.49. The van der Waals surface area contributed by atoms with Crippen LogP contribution in [0.5, 0.6) is 46.3 Å². The second-order valence-corrected chi connectivity index (χ2v) is 8.70. The molecule has 13 nitrogen and oxygen atoms in total. The fraction of sp³-hybridized carbons (Fsp3) is 0.0714. The molecule has 0 fully saturated rings. The minimum atomic E-state index is -1.44. The van der Waals surface area contributed by atoms with Gasteiger partial charge in [-0.05, 0) is 48.0 Å². The summed E-state index contributed by atoms with van der Waals surface area (Å²) in [6.45, 7) is 0. The molecule has 0 aliphatic carbocycles. The monoisotopic (exact) mass is 594 g/mol. The SMILES string of the molecule is COc1cc(CC(=O)O)ccc1Oc1c(F)c(Oc2cccc(NC(=N)N)c2)nc(Oc2cc(C(=N)N)ccc2O)c1F. The number of phenols is 1. The number of nitrogens with one attached hydrogen (secondary N) is 3. The Kier molecular flexibility index (Phi) is 8.74. The number of carboxylic acid groups (broad SMARTS) is 1. The summed E-state index contributed by atoms with van der Waals surface area (Å²) >= 11 is 0. The van der Waals surface area contributed by atoms with Crippen LogP contribution >= 0.6 is 0 Å². The van der Waals surface area contributed by atoms with Crippen molar-refractivity contribution in [1.29, 1.82) is 10.8 Å². The third-order valence-electron chi connectivity index (χ3n) is 5.58. The number of aliphatic carboxylic acids is 1. The van der Waals surface area contributed by atoms with Crippen molar-refractivity contribution < 1.29 is 42.7 Å². The quantitative estimate of drug-likeness (QED) is 0.0934. The first-order chi connectivity index (χ1) is 20.4. The zero-order valence-corrected chi connectivity index (χ0v) is 22.3. The molecule has 1 aromatic heterocycles. The molecule has 0 saturated heterocycles. The van der Waals surface area contributed by atoms with Crippen molar-refractivity contribution in [3.63, 3.8) is 0 Å². The number of nitrogens with two attached hydrogens (primary N) is 2. The van der Waals surface area contributed by atoms with E-state index in [9.17, 15) is 9.90 Å². The largest absolute Gasteiger partial charge is 0.504 e. The number of guanidine groups is 1. The van der Waals surface area contributed by atoms with E-state index in [4.69, 9.17) is 46.3 Å². The number of nitrogen functional groups attached to an aromatic ring is 1. The Morgan fingerprint density at radius 1 is 0.930 bits per heavy atom. The highest BCUT2D eigenvalue weighted by atomic mass is 19.1. The highest BCUT2D eigenvalue weighted by Crippen LogP contribution is 2.43. The van der Waals surface area contributed by atoms with Gasteiger partial charge in [-0.15, -0.1) is 0 Å². The second kappa shape index (κ2) is 12.6.